The van der Waals surface area contributed by atoms with Gasteiger partial charge in [-0.1, -0.05) is 0 Å². The summed E-state index contributed by atoms with van der Waals surface area (Å²) >= 11 is 0. The lowest BCUT2D eigenvalue weighted by molar-refractivity contribution is -0.123. The maximum atomic E-state index is 14.0. The van der Waals surface area contributed by atoms with Crippen LogP contribution < -0.4 is 15.8 Å². The molecule has 1 aliphatic heterocycles. The van der Waals surface area contributed by atoms with Crippen molar-refractivity contribution < 1.29 is 32.6 Å². The van der Waals surface area contributed by atoms with E-state index in [0.29, 0.717) is 17.2 Å². The summed E-state index contributed by atoms with van der Waals surface area (Å²) in [5.41, 5.74) is 3.99. The second-order valence-corrected chi connectivity index (χ2v) is 9.71. The van der Waals surface area contributed by atoms with Gasteiger partial charge in [-0.05, 0) is 56.3 Å². The Morgan fingerprint density at radius 3 is 2.55 bits per heavy atom. The smallest absolute Gasteiger partial charge is 0.267 e. The lowest BCUT2D eigenvalue weighted by Gasteiger charge is -2.26. The molecule has 2 atom stereocenters. The molecule has 4 aromatic rings. The molecule has 0 saturated carbocycles. The van der Waals surface area contributed by atoms with Gasteiger partial charge < -0.3 is 25.9 Å². The Kier molecular flexibility index (Phi) is 5.90. The van der Waals surface area contributed by atoms with Gasteiger partial charge in [0.25, 0.3) is 5.91 Å². The number of fused-ring (bicyclic) bond motifs is 2. The van der Waals surface area contributed by atoms with Gasteiger partial charge in [0.05, 0.1) is 17.8 Å². The SMILES string of the molecule is C[C@](O)(CNC(=O)c1cc2c(F)cc(F)cc2[nH]1)c1cc2c(c(-c3ccc(F)cc3)n1)OC[C@]2(C)C(N)=O. The molecule has 1 aliphatic rings. The van der Waals surface area contributed by atoms with Crippen molar-refractivity contribution in [2.45, 2.75) is 24.9 Å². The quantitative estimate of drug-likeness (QED) is 0.307. The van der Waals surface area contributed by atoms with E-state index in [0.717, 1.165) is 6.07 Å². The molecule has 2 aromatic carbocycles. The van der Waals surface area contributed by atoms with Crippen LogP contribution in [0, 0.1) is 17.5 Å². The summed E-state index contributed by atoms with van der Waals surface area (Å²) in [6.07, 6.45) is 0. The van der Waals surface area contributed by atoms with Crippen molar-refractivity contribution in [2.24, 2.45) is 5.73 Å². The zero-order valence-corrected chi connectivity index (χ0v) is 20.4. The van der Waals surface area contributed by atoms with Crippen molar-refractivity contribution in [2.75, 3.05) is 13.2 Å². The first-order chi connectivity index (χ1) is 17.9. The topological polar surface area (TPSA) is 130 Å². The Bertz CT molecular complexity index is 1600. The summed E-state index contributed by atoms with van der Waals surface area (Å²) in [4.78, 5) is 32.3. The molecule has 0 aliphatic carbocycles. The number of nitrogens with one attached hydrogen (secondary N) is 2. The van der Waals surface area contributed by atoms with E-state index in [4.69, 9.17) is 10.5 Å². The van der Waals surface area contributed by atoms with Crippen molar-refractivity contribution in [1.29, 1.82) is 0 Å². The summed E-state index contributed by atoms with van der Waals surface area (Å²) in [5, 5.41) is 13.9. The molecular formula is C27H23F3N4O4. The van der Waals surface area contributed by atoms with E-state index in [9.17, 15) is 27.9 Å². The number of rotatable bonds is 6. The van der Waals surface area contributed by atoms with Gasteiger partial charge in [-0.15, -0.1) is 0 Å². The fourth-order valence-corrected chi connectivity index (χ4v) is 4.39. The molecular weight excluding hydrogens is 501 g/mol. The summed E-state index contributed by atoms with van der Waals surface area (Å²) in [6, 6.07) is 9.96. The highest BCUT2D eigenvalue weighted by molar-refractivity contribution is 5.98. The number of primary amides is 1. The number of aromatic nitrogens is 2. The Labute approximate surface area is 214 Å². The van der Waals surface area contributed by atoms with Gasteiger partial charge in [0.2, 0.25) is 5.91 Å². The van der Waals surface area contributed by atoms with Gasteiger partial charge in [0.15, 0.2) is 0 Å². The van der Waals surface area contributed by atoms with Crippen LogP contribution in [0.1, 0.15) is 35.6 Å². The predicted molar refractivity (Wildman–Crippen MR) is 132 cm³/mol. The average Bonchev–Trinajstić information content (AvgIpc) is 3.45. The highest BCUT2D eigenvalue weighted by Gasteiger charge is 2.45. The van der Waals surface area contributed by atoms with Crippen LogP contribution in [-0.4, -0.2) is 40.0 Å². The van der Waals surface area contributed by atoms with Crippen molar-refractivity contribution in [3.63, 3.8) is 0 Å². The summed E-state index contributed by atoms with van der Waals surface area (Å²) in [6.45, 7) is 2.64. The number of nitrogens with two attached hydrogens (primary N) is 1. The fraction of sp³-hybridized carbons (Fsp3) is 0.222. The Balaban J connectivity index is 1.49. The van der Waals surface area contributed by atoms with Crippen LogP contribution in [0.15, 0.2) is 48.5 Å². The van der Waals surface area contributed by atoms with Crippen molar-refractivity contribution >= 4 is 22.7 Å². The molecule has 0 fully saturated rings. The number of carbonyl (C=O) groups excluding carboxylic acids is 2. The number of pyridine rings is 1. The number of carbonyl (C=O) groups is 2. The maximum Gasteiger partial charge on any atom is 0.267 e. The molecule has 8 nitrogen and oxygen atoms in total. The molecule has 196 valence electrons. The predicted octanol–water partition coefficient (Wildman–Crippen LogP) is 3.42. The molecule has 0 radical (unpaired) electrons. The van der Waals surface area contributed by atoms with E-state index in [1.807, 2.05) is 0 Å². The van der Waals surface area contributed by atoms with E-state index in [2.05, 4.69) is 15.3 Å². The molecule has 0 spiro atoms. The minimum atomic E-state index is -1.76. The zero-order chi connectivity index (χ0) is 27.4. The third-order valence-electron chi connectivity index (χ3n) is 6.78. The first kappa shape index (κ1) is 25.3. The first-order valence-electron chi connectivity index (χ1n) is 11.6. The Hall–Kier alpha value is -4.38. The van der Waals surface area contributed by atoms with Crippen LogP contribution in [0.2, 0.25) is 0 Å². The number of aromatic amines is 1. The number of halogens is 3. The summed E-state index contributed by atoms with van der Waals surface area (Å²) < 4.78 is 46.9. The molecule has 5 rings (SSSR count). The summed E-state index contributed by atoms with van der Waals surface area (Å²) in [5.74, 6) is -3.11. The molecule has 5 N–H and O–H groups in total. The third kappa shape index (κ3) is 4.24. The van der Waals surface area contributed by atoms with Gasteiger partial charge in [0.1, 0.15) is 52.2 Å². The van der Waals surface area contributed by atoms with Crippen LogP contribution in [0.5, 0.6) is 5.75 Å². The molecule has 0 unspecified atom stereocenters. The van der Waals surface area contributed by atoms with Crippen LogP contribution in [0.25, 0.3) is 22.2 Å². The van der Waals surface area contributed by atoms with E-state index in [1.54, 1.807) is 6.92 Å². The van der Waals surface area contributed by atoms with Crippen LogP contribution in [0.3, 0.4) is 0 Å². The Morgan fingerprint density at radius 1 is 1.16 bits per heavy atom. The van der Waals surface area contributed by atoms with Crippen LogP contribution in [0.4, 0.5) is 13.2 Å². The monoisotopic (exact) mass is 524 g/mol. The first-order valence-corrected chi connectivity index (χ1v) is 11.6. The van der Waals surface area contributed by atoms with Gasteiger partial charge >= 0.3 is 0 Å². The number of nitrogens with zero attached hydrogens (tertiary/aromatic N) is 1. The van der Waals surface area contributed by atoms with Gasteiger partial charge in [-0.25, -0.2) is 18.2 Å². The standard InChI is InChI=1S/C27H23F3N4O4/c1-26(25(31)36)12-38-23-17(26)10-21(34-22(23)13-3-5-14(28)6-4-13)27(2,37)11-32-24(35)20-9-16-18(30)7-15(29)8-19(16)33-20/h3-10,33,37H,11-12H2,1-2H3,(H2,31,36)(H,32,35)/t26-,27-/m0/s1. The molecule has 0 saturated heterocycles. The van der Waals surface area contributed by atoms with E-state index in [-0.39, 0.29) is 46.9 Å². The summed E-state index contributed by atoms with van der Waals surface area (Å²) in [7, 11) is 0. The fourth-order valence-electron chi connectivity index (χ4n) is 4.39. The molecule has 0 bridgehead atoms. The highest BCUT2D eigenvalue weighted by Crippen LogP contribution is 2.45. The number of ether oxygens (including phenoxy) is 1. The van der Waals surface area contributed by atoms with Crippen molar-refractivity contribution in [3.05, 3.63) is 82.9 Å². The maximum absolute atomic E-state index is 14.0. The number of H-pyrrole nitrogens is 1. The van der Waals surface area contributed by atoms with Crippen molar-refractivity contribution in [1.82, 2.24) is 15.3 Å². The molecule has 3 heterocycles. The van der Waals surface area contributed by atoms with E-state index < -0.39 is 40.3 Å². The number of hydrogen-bond acceptors (Lipinski definition) is 5. The number of benzene rings is 2. The highest BCUT2D eigenvalue weighted by atomic mass is 19.1. The van der Waals surface area contributed by atoms with Crippen LogP contribution >= 0.6 is 0 Å². The third-order valence-corrected chi connectivity index (χ3v) is 6.78. The molecule has 11 heteroatoms. The number of hydrogen-bond donors (Lipinski definition) is 4. The van der Waals surface area contributed by atoms with Crippen molar-refractivity contribution in [3.8, 4) is 17.0 Å². The van der Waals surface area contributed by atoms with E-state index in [1.165, 1.54) is 43.3 Å². The second kappa shape index (κ2) is 8.88. The largest absolute Gasteiger partial charge is 0.489 e. The van der Waals surface area contributed by atoms with Crippen LogP contribution in [-0.2, 0) is 15.8 Å². The average molecular weight is 524 g/mol. The molecule has 2 aromatic heterocycles. The van der Waals surface area contributed by atoms with Gasteiger partial charge in [-0.3, -0.25) is 9.59 Å². The van der Waals surface area contributed by atoms with E-state index >= 15 is 0 Å². The number of amides is 2. The second-order valence-electron chi connectivity index (χ2n) is 9.71. The molecule has 38 heavy (non-hydrogen) atoms. The zero-order valence-electron chi connectivity index (χ0n) is 20.4. The molecule has 2 amide bonds. The Morgan fingerprint density at radius 2 is 1.87 bits per heavy atom. The minimum Gasteiger partial charge on any atom is -0.489 e. The van der Waals surface area contributed by atoms with Gasteiger partial charge in [0, 0.05) is 22.6 Å². The lowest BCUT2D eigenvalue weighted by atomic mass is 9.82. The lowest BCUT2D eigenvalue weighted by Crippen LogP contribution is -2.41. The minimum absolute atomic E-state index is 0.0380. The van der Waals surface area contributed by atoms with Gasteiger partial charge in [-0.2, -0.15) is 0 Å². The normalized spacial score (nSPS) is 18.1. The number of aliphatic hydroxyl groups is 1.